The number of hydrogen-bond donors (Lipinski definition) is 3. The summed E-state index contributed by atoms with van der Waals surface area (Å²) in [6.45, 7) is 8.63. The van der Waals surface area contributed by atoms with E-state index in [-0.39, 0.29) is 11.7 Å². The summed E-state index contributed by atoms with van der Waals surface area (Å²) in [6.07, 6.45) is 1.45. The summed E-state index contributed by atoms with van der Waals surface area (Å²) in [6, 6.07) is 0. The van der Waals surface area contributed by atoms with Gasteiger partial charge in [-0.05, 0) is 54.5 Å². The maximum atomic E-state index is 10.7. The average Bonchev–Trinajstić information content (AvgIpc) is 2.35. The molecule has 0 atom stereocenters. The van der Waals surface area contributed by atoms with Gasteiger partial charge in [0.15, 0.2) is 0 Å². The fourth-order valence-corrected chi connectivity index (χ4v) is 1.45. The van der Waals surface area contributed by atoms with E-state index in [1.807, 2.05) is 40.0 Å². The monoisotopic (exact) mass is 339 g/mol. The fourth-order valence-electron chi connectivity index (χ4n) is 0.953. The van der Waals surface area contributed by atoms with Gasteiger partial charge in [-0.25, -0.2) is 0 Å². The van der Waals surface area contributed by atoms with Crippen LogP contribution >= 0.6 is 0 Å². The van der Waals surface area contributed by atoms with Crippen molar-refractivity contribution in [1.29, 1.82) is 0 Å². The highest BCUT2D eigenvalue weighted by molar-refractivity contribution is 7.85. The molecule has 0 radical (unpaired) electrons. The van der Waals surface area contributed by atoms with Crippen molar-refractivity contribution in [3.05, 3.63) is 12.2 Å². The van der Waals surface area contributed by atoms with Crippen LogP contribution in [-0.4, -0.2) is 70.8 Å². The van der Waals surface area contributed by atoms with Gasteiger partial charge in [0.1, 0.15) is 0 Å². The van der Waals surface area contributed by atoms with E-state index in [2.05, 4.69) is 17.2 Å². The van der Waals surface area contributed by atoms with Crippen molar-refractivity contribution in [3.63, 3.8) is 0 Å². The molecule has 0 rings (SSSR count). The first-order chi connectivity index (χ1) is 10.0. The molecule has 0 aliphatic rings. The molecule has 0 heterocycles. The summed E-state index contributed by atoms with van der Waals surface area (Å²) in [5, 5.41) is 5.44. The van der Waals surface area contributed by atoms with E-state index in [0.29, 0.717) is 18.5 Å². The van der Waals surface area contributed by atoms with Crippen molar-refractivity contribution >= 4 is 16.0 Å². The SMILES string of the molecule is C=C(C)C(=O)NCCC.CN(C)CCCS(=O)(=O)O.CNC. The molecule has 0 unspecified atom stereocenters. The standard InChI is InChI=1S/C7H13NO.C5H13NO3S.C2H7N/c1-4-5-8-7(9)6(2)3;1-6(2)4-3-5-10(7,8)9;1-3-2/h2,4-5H2,1,3H3,(H,8,9);3-5H2,1-2H3,(H,7,8,9);3H,1-2H3. The molecule has 0 bridgehead atoms. The van der Waals surface area contributed by atoms with E-state index in [1.54, 1.807) is 6.92 Å². The largest absolute Gasteiger partial charge is 0.352 e. The maximum Gasteiger partial charge on any atom is 0.264 e. The van der Waals surface area contributed by atoms with Crippen molar-refractivity contribution in [2.45, 2.75) is 26.7 Å². The van der Waals surface area contributed by atoms with Crippen LogP contribution in [0.5, 0.6) is 0 Å². The van der Waals surface area contributed by atoms with E-state index >= 15 is 0 Å². The average molecular weight is 340 g/mol. The van der Waals surface area contributed by atoms with Gasteiger partial charge in [0.2, 0.25) is 5.91 Å². The molecular formula is C14H33N3O4S. The van der Waals surface area contributed by atoms with E-state index in [0.717, 1.165) is 13.0 Å². The van der Waals surface area contributed by atoms with Gasteiger partial charge < -0.3 is 15.5 Å². The summed E-state index contributed by atoms with van der Waals surface area (Å²) >= 11 is 0. The van der Waals surface area contributed by atoms with E-state index in [9.17, 15) is 13.2 Å². The second-order valence-corrected chi connectivity index (χ2v) is 6.55. The Morgan fingerprint density at radius 3 is 2.00 bits per heavy atom. The van der Waals surface area contributed by atoms with Crippen molar-refractivity contribution in [1.82, 2.24) is 15.5 Å². The molecule has 0 fully saturated rings. The summed E-state index contributed by atoms with van der Waals surface area (Å²) in [7, 11) is 3.71. The molecule has 0 aliphatic carbocycles. The minimum absolute atomic E-state index is 0.0446. The number of hydrogen-bond acceptors (Lipinski definition) is 5. The Hall–Kier alpha value is -0.960. The van der Waals surface area contributed by atoms with Gasteiger partial charge >= 0.3 is 0 Å². The summed E-state index contributed by atoms with van der Waals surface area (Å²) in [5.74, 6) is -0.192. The lowest BCUT2D eigenvalue weighted by Gasteiger charge is -2.06. The number of nitrogens with one attached hydrogen (secondary N) is 2. The first-order valence-corrected chi connectivity index (χ1v) is 8.74. The number of rotatable bonds is 7. The third kappa shape index (κ3) is 31.4. The molecule has 0 aromatic carbocycles. The highest BCUT2D eigenvalue weighted by Gasteiger charge is 2.02. The molecule has 134 valence electrons. The molecule has 0 saturated carbocycles. The van der Waals surface area contributed by atoms with Gasteiger partial charge in [0, 0.05) is 12.1 Å². The highest BCUT2D eigenvalue weighted by Crippen LogP contribution is 1.89. The molecule has 0 aromatic rings. The Bertz CT molecular complexity index is 382. The van der Waals surface area contributed by atoms with Crippen LogP contribution in [0.3, 0.4) is 0 Å². The third-order valence-corrected chi connectivity index (χ3v) is 2.74. The van der Waals surface area contributed by atoms with Crippen LogP contribution in [0, 0.1) is 0 Å². The zero-order chi connectivity index (χ0) is 18.2. The van der Waals surface area contributed by atoms with Crippen LogP contribution in [0.4, 0.5) is 0 Å². The van der Waals surface area contributed by atoms with Crippen LogP contribution in [0.1, 0.15) is 26.7 Å². The van der Waals surface area contributed by atoms with Gasteiger partial charge in [-0.2, -0.15) is 8.42 Å². The number of amides is 1. The molecule has 1 amide bonds. The van der Waals surface area contributed by atoms with E-state index in [4.69, 9.17) is 4.55 Å². The van der Waals surface area contributed by atoms with Crippen LogP contribution in [0.25, 0.3) is 0 Å². The topological polar surface area (TPSA) is 98.7 Å². The third-order valence-electron chi connectivity index (χ3n) is 1.93. The lowest BCUT2D eigenvalue weighted by Crippen LogP contribution is -2.24. The smallest absolute Gasteiger partial charge is 0.264 e. The minimum atomic E-state index is -3.75. The predicted molar refractivity (Wildman–Crippen MR) is 92.7 cm³/mol. The second-order valence-electron chi connectivity index (χ2n) is 4.98. The molecular weight excluding hydrogens is 306 g/mol. The van der Waals surface area contributed by atoms with Gasteiger partial charge in [-0.15, -0.1) is 0 Å². The van der Waals surface area contributed by atoms with Gasteiger partial charge in [-0.1, -0.05) is 13.5 Å². The summed E-state index contributed by atoms with van der Waals surface area (Å²) < 4.78 is 28.6. The van der Waals surface area contributed by atoms with Crippen LogP contribution < -0.4 is 10.6 Å². The Morgan fingerprint density at radius 2 is 1.73 bits per heavy atom. The molecule has 0 aliphatic heterocycles. The van der Waals surface area contributed by atoms with Crippen molar-refractivity contribution in [2.24, 2.45) is 0 Å². The molecule has 8 heteroatoms. The second kappa shape index (κ2) is 16.4. The van der Waals surface area contributed by atoms with E-state index < -0.39 is 10.1 Å². The lowest BCUT2D eigenvalue weighted by molar-refractivity contribution is -0.117. The fraction of sp³-hybridized carbons (Fsp3) is 0.786. The molecule has 22 heavy (non-hydrogen) atoms. The van der Waals surface area contributed by atoms with Gasteiger partial charge in [0.25, 0.3) is 10.1 Å². The molecule has 0 aromatic heterocycles. The maximum absolute atomic E-state index is 10.7. The first kappa shape index (κ1) is 26.0. The van der Waals surface area contributed by atoms with Crippen molar-refractivity contribution in [2.75, 3.05) is 47.0 Å². The quantitative estimate of drug-likeness (QED) is 0.468. The minimum Gasteiger partial charge on any atom is -0.352 e. The molecule has 0 saturated heterocycles. The molecule has 0 spiro atoms. The number of carbonyl (C=O) groups excluding carboxylic acids is 1. The zero-order valence-electron chi connectivity index (χ0n) is 14.8. The Morgan fingerprint density at radius 1 is 1.27 bits per heavy atom. The number of carbonyl (C=O) groups is 1. The van der Waals surface area contributed by atoms with Crippen molar-refractivity contribution < 1.29 is 17.8 Å². The highest BCUT2D eigenvalue weighted by atomic mass is 32.2. The van der Waals surface area contributed by atoms with Crippen LogP contribution in [0.2, 0.25) is 0 Å². The Kier molecular flexibility index (Phi) is 19.4. The van der Waals surface area contributed by atoms with Gasteiger partial charge in [0.05, 0.1) is 5.75 Å². The van der Waals surface area contributed by atoms with Crippen LogP contribution in [0.15, 0.2) is 12.2 Å². The summed E-state index contributed by atoms with van der Waals surface area (Å²) in [4.78, 5) is 12.6. The Labute approximate surface area is 135 Å². The predicted octanol–water partition coefficient (Wildman–Crippen LogP) is 0.750. The zero-order valence-corrected chi connectivity index (χ0v) is 15.6. The normalized spacial score (nSPS) is 10.0. The van der Waals surface area contributed by atoms with Gasteiger partial charge in [-0.3, -0.25) is 9.35 Å². The summed E-state index contributed by atoms with van der Waals surface area (Å²) in [5.41, 5.74) is 0.573. The number of nitrogens with zero attached hydrogens (tertiary/aromatic N) is 1. The molecule has 3 N–H and O–H groups in total. The van der Waals surface area contributed by atoms with E-state index in [1.165, 1.54) is 0 Å². The van der Waals surface area contributed by atoms with Crippen LogP contribution in [-0.2, 0) is 14.9 Å². The van der Waals surface area contributed by atoms with Crippen molar-refractivity contribution in [3.8, 4) is 0 Å². The Balaban J connectivity index is -0.000000279. The molecule has 7 nitrogen and oxygen atoms in total. The first-order valence-electron chi connectivity index (χ1n) is 7.13. The lowest BCUT2D eigenvalue weighted by atomic mass is 10.3.